The van der Waals surface area contributed by atoms with Crippen LogP contribution < -0.4 is 11.1 Å². The van der Waals surface area contributed by atoms with Gasteiger partial charge in [0, 0.05) is 12.1 Å². The number of hydrogen-bond donors (Lipinski definition) is 1. The zero-order valence-corrected chi connectivity index (χ0v) is 18.3. The second-order valence-corrected chi connectivity index (χ2v) is 7.32. The average Bonchev–Trinajstić information content (AvgIpc) is 3.13. The summed E-state index contributed by atoms with van der Waals surface area (Å²) in [6.07, 6.45) is 1.68. The number of esters is 1. The van der Waals surface area contributed by atoms with Gasteiger partial charge < -0.3 is 4.74 Å². The molecule has 0 atom stereocenters. The molecule has 0 saturated carbocycles. The van der Waals surface area contributed by atoms with Gasteiger partial charge in [0.1, 0.15) is 5.82 Å². The van der Waals surface area contributed by atoms with Gasteiger partial charge in [-0.1, -0.05) is 30.3 Å². The van der Waals surface area contributed by atoms with Crippen molar-refractivity contribution in [3.05, 3.63) is 92.4 Å². The van der Waals surface area contributed by atoms with Crippen molar-refractivity contribution in [1.82, 2.24) is 19.4 Å². The first-order chi connectivity index (χ1) is 16.0. The molecule has 168 valence electrons. The first-order valence-electron chi connectivity index (χ1n) is 10.6. The third-order valence-corrected chi connectivity index (χ3v) is 5.12. The topological polar surface area (TPSA) is 111 Å². The molecule has 0 bridgehead atoms. The second-order valence-electron chi connectivity index (χ2n) is 7.32. The van der Waals surface area contributed by atoms with E-state index in [-0.39, 0.29) is 42.1 Å². The van der Waals surface area contributed by atoms with E-state index in [1.54, 1.807) is 44.2 Å². The van der Waals surface area contributed by atoms with Crippen LogP contribution in [0.25, 0.3) is 16.6 Å². The Kier molecular flexibility index (Phi) is 6.30. The lowest BCUT2D eigenvalue weighted by Crippen LogP contribution is -2.22. The third kappa shape index (κ3) is 4.52. The number of aryl methyl sites for hydroxylation is 2. The van der Waals surface area contributed by atoms with E-state index >= 15 is 0 Å². The largest absolute Gasteiger partial charge is 0.466 e. The summed E-state index contributed by atoms with van der Waals surface area (Å²) in [6.45, 7) is 3.69. The molecule has 2 heterocycles. The van der Waals surface area contributed by atoms with Crippen molar-refractivity contribution >= 4 is 23.1 Å². The molecule has 1 N–H and O–H groups in total. The van der Waals surface area contributed by atoms with Crippen molar-refractivity contribution in [3.63, 3.8) is 0 Å². The smallest absolute Gasteiger partial charge is 0.306 e. The summed E-state index contributed by atoms with van der Waals surface area (Å²) in [6, 6.07) is 16.1. The van der Waals surface area contributed by atoms with E-state index in [1.807, 2.05) is 24.3 Å². The van der Waals surface area contributed by atoms with Crippen LogP contribution in [0, 0.1) is 6.92 Å². The maximum absolute atomic E-state index is 13.2. The van der Waals surface area contributed by atoms with Gasteiger partial charge in [0.2, 0.25) is 0 Å². The van der Waals surface area contributed by atoms with Gasteiger partial charge in [-0.3, -0.25) is 19.5 Å². The van der Waals surface area contributed by atoms with Crippen molar-refractivity contribution in [3.8, 4) is 5.69 Å². The molecule has 0 saturated heterocycles. The number of ether oxygens (including phenoxy) is 1. The zero-order valence-electron chi connectivity index (χ0n) is 18.3. The number of aromatic nitrogens is 4. The highest BCUT2D eigenvalue weighted by atomic mass is 16.5. The van der Waals surface area contributed by atoms with Crippen molar-refractivity contribution in [2.75, 3.05) is 6.61 Å². The lowest BCUT2D eigenvalue weighted by Gasteiger charge is -2.05. The van der Waals surface area contributed by atoms with E-state index in [4.69, 9.17) is 4.74 Å². The van der Waals surface area contributed by atoms with Crippen LogP contribution in [0.2, 0.25) is 0 Å². The molecule has 2 aromatic carbocycles. The van der Waals surface area contributed by atoms with Crippen LogP contribution in [0.3, 0.4) is 0 Å². The molecule has 4 rings (SSSR count). The van der Waals surface area contributed by atoms with Crippen LogP contribution in [-0.2, 0) is 16.0 Å². The van der Waals surface area contributed by atoms with E-state index in [0.717, 1.165) is 4.68 Å². The quantitative estimate of drug-likeness (QED) is 0.347. The van der Waals surface area contributed by atoms with Gasteiger partial charge in [0.25, 0.3) is 11.1 Å². The standard InChI is InChI=1S/C24H23N5O4/c1-3-33-22(30)14-13-21-19(24(32)29(27-21)17-9-5-4-6-10-17)15-25-28-16(2)26-20-12-8-7-11-18(20)23(28)31/h4-12,15,27H,3,13-14H2,1-2H3. The molecule has 2 aromatic heterocycles. The predicted molar refractivity (Wildman–Crippen MR) is 125 cm³/mol. The number of rotatable bonds is 7. The summed E-state index contributed by atoms with van der Waals surface area (Å²) in [5.74, 6) is 0.0291. The molecule has 4 aromatic rings. The molecule has 0 unspecified atom stereocenters. The fraction of sp³-hybridized carbons (Fsp3) is 0.208. The van der Waals surface area contributed by atoms with Gasteiger partial charge in [0.05, 0.1) is 41.4 Å². The maximum atomic E-state index is 13.2. The number of fused-ring (bicyclic) bond motifs is 1. The van der Waals surface area contributed by atoms with Crippen molar-refractivity contribution in [1.29, 1.82) is 0 Å². The van der Waals surface area contributed by atoms with E-state index < -0.39 is 0 Å². The normalized spacial score (nSPS) is 11.3. The first kappa shape index (κ1) is 21.9. The summed E-state index contributed by atoms with van der Waals surface area (Å²) in [5, 5.41) is 7.78. The highest BCUT2D eigenvalue weighted by molar-refractivity contribution is 5.82. The minimum Gasteiger partial charge on any atom is -0.466 e. The van der Waals surface area contributed by atoms with E-state index in [0.29, 0.717) is 28.1 Å². The van der Waals surface area contributed by atoms with Crippen LogP contribution in [0.5, 0.6) is 0 Å². The van der Waals surface area contributed by atoms with Crippen LogP contribution in [0.1, 0.15) is 30.4 Å². The Morgan fingerprint density at radius 3 is 2.58 bits per heavy atom. The number of hydrogen-bond acceptors (Lipinski definition) is 6. The summed E-state index contributed by atoms with van der Waals surface area (Å²) in [4.78, 5) is 42.4. The van der Waals surface area contributed by atoms with E-state index in [9.17, 15) is 14.4 Å². The number of benzene rings is 2. The van der Waals surface area contributed by atoms with E-state index in [1.165, 1.54) is 10.9 Å². The van der Waals surface area contributed by atoms with Crippen LogP contribution in [-0.4, -0.2) is 38.2 Å². The number of nitrogens with one attached hydrogen (secondary N) is 1. The number of nitrogens with zero attached hydrogens (tertiary/aromatic N) is 4. The summed E-state index contributed by atoms with van der Waals surface area (Å²) < 4.78 is 7.55. The van der Waals surface area contributed by atoms with Crippen LogP contribution >= 0.6 is 0 Å². The number of H-pyrrole nitrogens is 1. The number of aromatic amines is 1. The lowest BCUT2D eigenvalue weighted by atomic mass is 10.1. The Balaban J connectivity index is 1.78. The highest BCUT2D eigenvalue weighted by Gasteiger charge is 2.16. The van der Waals surface area contributed by atoms with Crippen molar-refractivity contribution in [2.24, 2.45) is 5.10 Å². The average molecular weight is 445 g/mol. The number of para-hydroxylation sites is 2. The minimum atomic E-state index is -0.362. The van der Waals surface area contributed by atoms with Crippen molar-refractivity contribution in [2.45, 2.75) is 26.7 Å². The zero-order chi connectivity index (χ0) is 23.4. The molecule has 0 aliphatic carbocycles. The first-order valence-corrected chi connectivity index (χ1v) is 10.6. The molecule has 0 spiro atoms. The molecule has 33 heavy (non-hydrogen) atoms. The van der Waals surface area contributed by atoms with Gasteiger partial charge in [-0.25, -0.2) is 9.67 Å². The molecule has 9 nitrogen and oxygen atoms in total. The summed E-state index contributed by atoms with van der Waals surface area (Å²) >= 11 is 0. The Labute approximate surface area is 189 Å². The predicted octanol–water partition coefficient (Wildman–Crippen LogP) is 2.56. The van der Waals surface area contributed by atoms with Gasteiger partial charge in [-0.05, 0) is 38.1 Å². The Morgan fingerprint density at radius 1 is 1.09 bits per heavy atom. The molecular formula is C24H23N5O4. The Hall–Kier alpha value is -4.27. The SMILES string of the molecule is CCOC(=O)CCc1[nH]n(-c2ccccc2)c(=O)c1C=Nn1c(C)nc2ccccc2c1=O. The maximum Gasteiger partial charge on any atom is 0.306 e. The summed E-state index contributed by atoms with van der Waals surface area (Å²) in [7, 11) is 0. The minimum absolute atomic E-state index is 0.0972. The Bertz CT molecular complexity index is 1450. The van der Waals surface area contributed by atoms with Crippen molar-refractivity contribution < 1.29 is 9.53 Å². The fourth-order valence-electron chi connectivity index (χ4n) is 3.52. The van der Waals surface area contributed by atoms with Crippen LogP contribution in [0.4, 0.5) is 0 Å². The highest BCUT2D eigenvalue weighted by Crippen LogP contribution is 2.10. The van der Waals surface area contributed by atoms with Gasteiger partial charge in [-0.15, -0.1) is 0 Å². The number of carbonyl (C=O) groups excluding carboxylic acids is 1. The third-order valence-electron chi connectivity index (χ3n) is 5.12. The van der Waals surface area contributed by atoms with Crippen LogP contribution in [0.15, 0.2) is 69.3 Å². The molecule has 0 aliphatic rings. The second kappa shape index (κ2) is 9.47. The fourth-order valence-corrected chi connectivity index (χ4v) is 3.52. The molecule has 0 amide bonds. The molecule has 9 heteroatoms. The lowest BCUT2D eigenvalue weighted by molar-refractivity contribution is -0.143. The van der Waals surface area contributed by atoms with Gasteiger partial charge >= 0.3 is 5.97 Å². The van der Waals surface area contributed by atoms with E-state index in [2.05, 4.69) is 15.2 Å². The molecular weight excluding hydrogens is 422 g/mol. The molecule has 0 fully saturated rings. The Morgan fingerprint density at radius 2 is 1.82 bits per heavy atom. The molecule has 0 radical (unpaired) electrons. The van der Waals surface area contributed by atoms with Gasteiger partial charge in [-0.2, -0.15) is 9.78 Å². The number of carbonyl (C=O) groups is 1. The molecule has 0 aliphatic heterocycles. The van der Waals surface area contributed by atoms with Gasteiger partial charge in [0.15, 0.2) is 0 Å². The monoisotopic (exact) mass is 445 g/mol. The summed E-state index contributed by atoms with van der Waals surface area (Å²) in [5.41, 5.74) is 1.31.